The van der Waals surface area contributed by atoms with Gasteiger partial charge in [-0.2, -0.15) is 0 Å². The van der Waals surface area contributed by atoms with E-state index in [9.17, 15) is 10.1 Å². The Morgan fingerprint density at radius 1 is 1.00 bits per heavy atom. The minimum atomic E-state index is -0.408. The summed E-state index contributed by atoms with van der Waals surface area (Å²) < 4.78 is 10.5. The van der Waals surface area contributed by atoms with Gasteiger partial charge < -0.3 is 20.1 Å². The number of benzene rings is 2. The van der Waals surface area contributed by atoms with Crippen molar-refractivity contribution < 1.29 is 14.4 Å². The summed E-state index contributed by atoms with van der Waals surface area (Å²) in [4.78, 5) is 10.2. The molecule has 0 heterocycles. The van der Waals surface area contributed by atoms with Gasteiger partial charge in [-0.1, -0.05) is 6.07 Å². The normalized spacial score (nSPS) is 10.2. The number of methoxy groups -OCH3 is 2. The Labute approximate surface area is 140 Å². The average molecular weight is 331 g/mol. The van der Waals surface area contributed by atoms with E-state index >= 15 is 0 Å². The van der Waals surface area contributed by atoms with Crippen molar-refractivity contribution in [1.29, 1.82) is 0 Å². The van der Waals surface area contributed by atoms with Crippen LogP contribution in [0, 0.1) is 10.1 Å². The highest BCUT2D eigenvalue weighted by atomic mass is 16.6. The second-order valence-corrected chi connectivity index (χ2v) is 5.10. The fraction of sp³-hybridized carbons (Fsp3) is 0.294. The summed E-state index contributed by atoms with van der Waals surface area (Å²) in [6, 6.07) is 12.2. The lowest BCUT2D eigenvalue weighted by Gasteiger charge is -2.11. The van der Waals surface area contributed by atoms with Crippen molar-refractivity contribution in [2.75, 3.05) is 32.6 Å². The van der Waals surface area contributed by atoms with Crippen molar-refractivity contribution in [3.8, 4) is 11.5 Å². The number of nitrogens with one attached hydrogen (secondary N) is 2. The van der Waals surface area contributed by atoms with E-state index in [0.717, 1.165) is 17.8 Å². The molecular weight excluding hydrogens is 310 g/mol. The first-order chi connectivity index (χ1) is 11.6. The van der Waals surface area contributed by atoms with Crippen LogP contribution in [0.25, 0.3) is 0 Å². The zero-order valence-electron chi connectivity index (χ0n) is 13.7. The lowest BCUT2D eigenvalue weighted by molar-refractivity contribution is -0.384. The highest BCUT2D eigenvalue weighted by Crippen LogP contribution is 2.27. The van der Waals surface area contributed by atoms with Gasteiger partial charge >= 0.3 is 0 Å². The Bertz CT molecular complexity index is 674. The summed E-state index contributed by atoms with van der Waals surface area (Å²) in [6.07, 6.45) is 0. The molecule has 0 amide bonds. The summed E-state index contributed by atoms with van der Waals surface area (Å²) in [7, 11) is 3.23. The van der Waals surface area contributed by atoms with Crippen molar-refractivity contribution in [1.82, 2.24) is 5.32 Å². The molecule has 0 aliphatic heterocycles. The van der Waals surface area contributed by atoms with E-state index in [2.05, 4.69) is 10.6 Å². The lowest BCUT2D eigenvalue weighted by atomic mass is 10.2. The van der Waals surface area contributed by atoms with Gasteiger partial charge in [-0.3, -0.25) is 10.1 Å². The molecular formula is C17H21N3O4. The number of nitro groups is 1. The molecule has 0 radical (unpaired) electrons. The van der Waals surface area contributed by atoms with Crippen LogP contribution in [0.3, 0.4) is 0 Å². The molecule has 2 aromatic carbocycles. The zero-order chi connectivity index (χ0) is 17.4. The number of anilines is 1. The van der Waals surface area contributed by atoms with Crippen LogP contribution in [0.2, 0.25) is 0 Å². The molecule has 0 aliphatic rings. The molecule has 2 aromatic rings. The van der Waals surface area contributed by atoms with Crippen molar-refractivity contribution in [3.63, 3.8) is 0 Å². The van der Waals surface area contributed by atoms with Crippen LogP contribution in [0.4, 0.5) is 11.4 Å². The Balaban J connectivity index is 1.74. The van der Waals surface area contributed by atoms with Gasteiger partial charge in [0, 0.05) is 37.5 Å². The van der Waals surface area contributed by atoms with Crippen molar-refractivity contribution in [2.45, 2.75) is 6.54 Å². The average Bonchev–Trinajstić information content (AvgIpc) is 2.61. The summed E-state index contributed by atoms with van der Waals surface area (Å²) in [5.74, 6) is 1.42. The monoisotopic (exact) mass is 331 g/mol. The maximum Gasteiger partial charge on any atom is 0.269 e. The van der Waals surface area contributed by atoms with Crippen molar-refractivity contribution in [2.24, 2.45) is 0 Å². The molecule has 0 atom stereocenters. The second kappa shape index (κ2) is 8.73. The number of rotatable bonds is 9. The summed E-state index contributed by atoms with van der Waals surface area (Å²) in [6.45, 7) is 2.18. The molecule has 2 N–H and O–H groups in total. The van der Waals surface area contributed by atoms with E-state index < -0.39 is 4.92 Å². The smallest absolute Gasteiger partial charge is 0.269 e. The standard InChI is InChI=1S/C17H21N3O4/c1-23-16-8-3-13(11-17(16)24-2)12-18-9-10-19-14-4-6-15(7-5-14)20(21)22/h3-8,11,18-19H,9-10,12H2,1-2H3. The second-order valence-electron chi connectivity index (χ2n) is 5.10. The van der Waals surface area contributed by atoms with Gasteiger partial charge in [-0.05, 0) is 29.8 Å². The van der Waals surface area contributed by atoms with E-state index in [0.29, 0.717) is 24.6 Å². The van der Waals surface area contributed by atoms with Crippen LogP contribution >= 0.6 is 0 Å². The first-order valence-corrected chi connectivity index (χ1v) is 7.54. The minimum Gasteiger partial charge on any atom is -0.493 e. The van der Waals surface area contributed by atoms with Gasteiger partial charge in [0.15, 0.2) is 11.5 Å². The molecule has 7 nitrogen and oxygen atoms in total. The van der Waals surface area contributed by atoms with E-state index in [1.807, 2.05) is 18.2 Å². The number of nitrogens with zero attached hydrogens (tertiary/aromatic N) is 1. The molecule has 2 rings (SSSR count). The zero-order valence-corrected chi connectivity index (χ0v) is 13.7. The van der Waals surface area contributed by atoms with Gasteiger partial charge in [-0.25, -0.2) is 0 Å². The third-order valence-corrected chi connectivity index (χ3v) is 3.49. The van der Waals surface area contributed by atoms with Crippen LogP contribution in [0.15, 0.2) is 42.5 Å². The number of hydrogen-bond donors (Lipinski definition) is 2. The van der Waals surface area contributed by atoms with E-state index in [1.54, 1.807) is 26.4 Å². The number of non-ortho nitro benzene ring substituents is 1. The first-order valence-electron chi connectivity index (χ1n) is 7.54. The van der Waals surface area contributed by atoms with Gasteiger partial charge in [0.1, 0.15) is 0 Å². The minimum absolute atomic E-state index is 0.0899. The SMILES string of the molecule is COc1ccc(CNCCNc2ccc([N+](=O)[O-])cc2)cc1OC. The third-order valence-electron chi connectivity index (χ3n) is 3.49. The van der Waals surface area contributed by atoms with Gasteiger partial charge in [0.2, 0.25) is 0 Å². The molecule has 0 spiro atoms. The molecule has 0 fully saturated rings. The van der Waals surface area contributed by atoms with Gasteiger partial charge in [0.05, 0.1) is 19.1 Å². The molecule has 0 saturated carbocycles. The predicted molar refractivity (Wildman–Crippen MR) is 92.8 cm³/mol. The summed E-state index contributed by atoms with van der Waals surface area (Å²) >= 11 is 0. The fourth-order valence-corrected chi connectivity index (χ4v) is 2.22. The molecule has 24 heavy (non-hydrogen) atoms. The topological polar surface area (TPSA) is 85.7 Å². The summed E-state index contributed by atoms with van der Waals surface area (Å²) in [5, 5.41) is 17.1. The fourth-order valence-electron chi connectivity index (χ4n) is 2.22. The Kier molecular flexibility index (Phi) is 6.39. The van der Waals surface area contributed by atoms with Gasteiger partial charge in [-0.15, -0.1) is 0 Å². The van der Waals surface area contributed by atoms with E-state index in [-0.39, 0.29) is 5.69 Å². The van der Waals surface area contributed by atoms with Crippen molar-refractivity contribution in [3.05, 3.63) is 58.1 Å². The maximum absolute atomic E-state index is 10.6. The largest absolute Gasteiger partial charge is 0.493 e. The highest BCUT2D eigenvalue weighted by Gasteiger charge is 2.05. The lowest BCUT2D eigenvalue weighted by Crippen LogP contribution is -2.21. The highest BCUT2D eigenvalue weighted by molar-refractivity contribution is 5.48. The molecule has 0 bridgehead atoms. The Morgan fingerprint density at radius 3 is 2.33 bits per heavy atom. The Morgan fingerprint density at radius 2 is 1.71 bits per heavy atom. The van der Waals surface area contributed by atoms with Crippen LogP contribution < -0.4 is 20.1 Å². The molecule has 7 heteroatoms. The first kappa shape index (κ1) is 17.6. The molecule has 0 aromatic heterocycles. The number of nitro benzene ring substituents is 1. The van der Waals surface area contributed by atoms with Crippen molar-refractivity contribution >= 4 is 11.4 Å². The number of hydrogen-bond acceptors (Lipinski definition) is 6. The Hall–Kier alpha value is -2.80. The molecule has 0 aliphatic carbocycles. The number of ether oxygens (including phenoxy) is 2. The third kappa shape index (κ3) is 4.85. The maximum atomic E-state index is 10.6. The van der Waals surface area contributed by atoms with Crippen LogP contribution in [-0.2, 0) is 6.54 Å². The summed E-state index contributed by atoms with van der Waals surface area (Å²) in [5.41, 5.74) is 2.05. The van der Waals surface area contributed by atoms with Crippen LogP contribution in [-0.4, -0.2) is 32.2 Å². The molecule has 0 unspecified atom stereocenters. The predicted octanol–water partition coefficient (Wildman–Crippen LogP) is 2.81. The molecule has 128 valence electrons. The van der Waals surface area contributed by atoms with Gasteiger partial charge in [0.25, 0.3) is 5.69 Å². The van der Waals surface area contributed by atoms with Crippen LogP contribution in [0.1, 0.15) is 5.56 Å². The quantitative estimate of drug-likeness (QED) is 0.417. The molecule has 0 saturated heterocycles. The van der Waals surface area contributed by atoms with E-state index in [1.165, 1.54) is 12.1 Å². The van der Waals surface area contributed by atoms with E-state index in [4.69, 9.17) is 9.47 Å². The van der Waals surface area contributed by atoms with Crippen LogP contribution in [0.5, 0.6) is 11.5 Å².